The molecule has 1 saturated carbocycles. The van der Waals surface area contributed by atoms with Crippen LogP contribution in [0.2, 0.25) is 0 Å². The molecule has 1 aromatic heterocycles. The zero-order chi connectivity index (χ0) is 18.5. The zero-order valence-corrected chi connectivity index (χ0v) is 15.0. The molecule has 1 aliphatic heterocycles. The number of ether oxygens (including phenoxy) is 1. The van der Waals surface area contributed by atoms with Crippen molar-refractivity contribution in [1.29, 1.82) is 0 Å². The fourth-order valence-corrected chi connectivity index (χ4v) is 4.43. The second kappa shape index (κ2) is 6.17. The van der Waals surface area contributed by atoms with E-state index in [1.165, 1.54) is 10.9 Å². The van der Waals surface area contributed by atoms with Gasteiger partial charge in [-0.2, -0.15) is 0 Å². The van der Waals surface area contributed by atoms with E-state index in [0.717, 1.165) is 12.8 Å². The molecular weight excluding hydrogens is 334 g/mol. The van der Waals surface area contributed by atoms with E-state index in [4.69, 9.17) is 4.74 Å². The van der Waals surface area contributed by atoms with Crippen LogP contribution in [0.1, 0.15) is 36.0 Å². The largest absolute Gasteiger partial charge is 0.393 e. The number of nitrogens with zero attached hydrogens (tertiary/aromatic N) is 3. The third-order valence-corrected chi connectivity index (χ3v) is 5.99. The Labute approximate surface area is 151 Å². The summed E-state index contributed by atoms with van der Waals surface area (Å²) >= 11 is 0. The molecule has 7 nitrogen and oxygen atoms in total. The van der Waals surface area contributed by atoms with Gasteiger partial charge < -0.3 is 19.3 Å². The maximum Gasteiger partial charge on any atom is 0.260 e. The van der Waals surface area contributed by atoms with Crippen molar-refractivity contribution in [2.75, 3.05) is 13.7 Å². The number of likely N-dealkylation sites (tertiary alicyclic amines) is 1. The summed E-state index contributed by atoms with van der Waals surface area (Å²) in [6.07, 6.45) is 3.83. The molecule has 26 heavy (non-hydrogen) atoms. The molecule has 0 unspecified atom stereocenters. The smallest absolute Gasteiger partial charge is 0.260 e. The number of aliphatic hydroxyl groups excluding tert-OH is 1. The number of hydrogen-bond acceptors (Lipinski definition) is 5. The highest BCUT2D eigenvalue weighted by atomic mass is 16.5. The van der Waals surface area contributed by atoms with Gasteiger partial charge in [-0.25, -0.2) is 4.98 Å². The van der Waals surface area contributed by atoms with E-state index < -0.39 is 6.10 Å². The van der Waals surface area contributed by atoms with Gasteiger partial charge in [0.2, 0.25) is 0 Å². The van der Waals surface area contributed by atoms with Crippen LogP contribution in [-0.4, -0.2) is 56.9 Å². The summed E-state index contributed by atoms with van der Waals surface area (Å²) in [6.45, 7) is 0.603. The number of aryl methyl sites for hydroxylation is 1. The summed E-state index contributed by atoms with van der Waals surface area (Å²) in [5.74, 6) is -0.104. The molecule has 4 rings (SSSR count). The summed E-state index contributed by atoms with van der Waals surface area (Å²) < 4.78 is 7.22. The molecule has 7 heteroatoms. The Kier molecular flexibility index (Phi) is 4.08. The second-order valence-electron chi connectivity index (χ2n) is 7.35. The summed E-state index contributed by atoms with van der Waals surface area (Å²) in [5.41, 5.74) is 0.522. The number of carbonyl (C=O) groups excluding carboxylic acids is 1. The molecule has 138 valence electrons. The minimum atomic E-state index is -0.405. The minimum absolute atomic E-state index is 0.104. The average Bonchev–Trinajstić information content (AvgIpc) is 3.03. The maximum atomic E-state index is 13.1. The Balaban J connectivity index is 1.68. The van der Waals surface area contributed by atoms with Crippen molar-refractivity contribution < 1.29 is 14.6 Å². The van der Waals surface area contributed by atoms with E-state index in [-0.39, 0.29) is 23.1 Å². The number of benzene rings is 1. The topological polar surface area (TPSA) is 84.7 Å². The first-order valence-corrected chi connectivity index (χ1v) is 8.95. The van der Waals surface area contributed by atoms with Crippen molar-refractivity contribution in [3.63, 3.8) is 0 Å². The van der Waals surface area contributed by atoms with Gasteiger partial charge >= 0.3 is 0 Å². The molecule has 3 atom stereocenters. The minimum Gasteiger partial charge on any atom is -0.393 e. The van der Waals surface area contributed by atoms with Crippen molar-refractivity contribution in [2.45, 2.75) is 43.4 Å². The molecule has 1 aliphatic carbocycles. The summed E-state index contributed by atoms with van der Waals surface area (Å²) in [5, 5.41) is 10.6. The third-order valence-electron chi connectivity index (χ3n) is 5.99. The Morgan fingerprint density at radius 2 is 2.19 bits per heavy atom. The number of amides is 1. The van der Waals surface area contributed by atoms with E-state index in [1.54, 1.807) is 32.4 Å². The van der Waals surface area contributed by atoms with E-state index in [1.807, 2.05) is 4.90 Å². The molecular formula is C19H23N3O4. The third kappa shape index (κ3) is 2.54. The lowest BCUT2D eigenvalue weighted by Crippen LogP contribution is -2.52. The van der Waals surface area contributed by atoms with E-state index in [0.29, 0.717) is 35.9 Å². The number of methoxy groups -OCH3 is 1. The first kappa shape index (κ1) is 17.2. The van der Waals surface area contributed by atoms with Crippen LogP contribution in [0.3, 0.4) is 0 Å². The van der Waals surface area contributed by atoms with Crippen molar-refractivity contribution in [3.05, 3.63) is 40.4 Å². The molecule has 1 aromatic carbocycles. The predicted molar refractivity (Wildman–Crippen MR) is 96.0 cm³/mol. The van der Waals surface area contributed by atoms with Crippen LogP contribution in [0.5, 0.6) is 0 Å². The highest BCUT2D eigenvalue weighted by molar-refractivity contribution is 5.98. The monoisotopic (exact) mass is 357 g/mol. The van der Waals surface area contributed by atoms with E-state index >= 15 is 0 Å². The highest BCUT2D eigenvalue weighted by Gasteiger charge is 2.52. The quantitative estimate of drug-likeness (QED) is 0.869. The van der Waals surface area contributed by atoms with Crippen LogP contribution in [0.25, 0.3) is 10.9 Å². The number of rotatable bonds is 2. The van der Waals surface area contributed by atoms with Crippen LogP contribution < -0.4 is 5.56 Å². The van der Waals surface area contributed by atoms with Gasteiger partial charge in [0.1, 0.15) is 0 Å². The van der Waals surface area contributed by atoms with Gasteiger partial charge in [0.15, 0.2) is 0 Å². The molecule has 1 saturated heterocycles. The van der Waals surface area contributed by atoms with Gasteiger partial charge in [-0.15, -0.1) is 0 Å². The standard InChI is InChI=1S/C19H23N3O4/c1-21-11-20-15-9-12(3-4-14(15)18(21)25)17(24)22-8-7-19(26-2)6-5-13(23)10-16(19)22/h3-4,9,11,13,16,23H,5-8,10H2,1-2H3/t13-,16+,19-/m1/s1. The van der Waals surface area contributed by atoms with Crippen LogP contribution in [0, 0.1) is 0 Å². The lowest BCUT2D eigenvalue weighted by Gasteiger charge is -2.42. The molecule has 1 amide bonds. The fourth-order valence-electron chi connectivity index (χ4n) is 4.43. The van der Waals surface area contributed by atoms with Crippen molar-refractivity contribution >= 4 is 16.8 Å². The van der Waals surface area contributed by atoms with Crippen LogP contribution in [0.4, 0.5) is 0 Å². The summed E-state index contributed by atoms with van der Waals surface area (Å²) in [4.78, 5) is 31.4. The molecule has 2 heterocycles. The number of hydrogen-bond donors (Lipinski definition) is 1. The van der Waals surface area contributed by atoms with Gasteiger partial charge in [0.25, 0.3) is 11.5 Å². The molecule has 2 fully saturated rings. The van der Waals surface area contributed by atoms with E-state index in [2.05, 4.69) is 4.98 Å². The van der Waals surface area contributed by atoms with Crippen LogP contribution >= 0.6 is 0 Å². The Hall–Kier alpha value is -2.25. The van der Waals surface area contributed by atoms with Crippen molar-refractivity contribution in [2.24, 2.45) is 7.05 Å². The van der Waals surface area contributed by atoms with Crippen LogP contribution in [0.15, 0.2) is 29.3 Å². The van der Waals surface area contributed by atoms with E-state index in [9.17, 15) is 14.7 Å². The fraction of sp³-hybridized carbons (Fsp3) is 0.526. The van der Waals surface area contributed by atoms with Crippen LogP contribution in [-0.2, 0) is 11.8 Å². The normalized spacial score (nSPS) is 28.3. The predicted octanol–water partition coefficient (Wildman–Crippen LogP) is 1.08. The Bertz CT molecular complexity index is 925. The molecule has 0 spiro atoms. The van der Waals surface area contributed by atoms with Gasteiger partial charge in [-0.1, -0.05) is 0 Å². The highest BCUT2D eigenvalue weighted by Crippen LogP contribution is 2.42. The molecule has 2 aromatic rings. The van der Waals surface area contributed by atoms with Gasteiger partial charge in [0, 0.05) is 26.3 Å². The van der Waals surface area contributed by atoms with Gasteiger partial charge in [-0.3, -0.25) is 9.59 Å². The Morgan fingerprint density at radius 1 is 1.38 bits per heavy atom. The zero-order valence-electron chi connectivity index (χ0n) is 15.0. The van der Waals surface area contributed by atoms with Gasteiger partial charge in [0.05, 0.1) is 35.0 Å². The molecule has 2 aliphatic rings. The SMILES string of the molecule is CO[C@@]12CC[C@@H](O)C[C@@H]1N(C(=O)c1ccc3c(=O)n(C)cnc3c1)CC2. The number of fused-ring (bicyclic) bond motifs is 2. The lowest BCUT2D eigenvalue weighted by molar-refractivity contribution is -0.0824. The number of carbonyl (C=O) groups is 1. The van der Waals surface area contributed by atoms with Crippen molar-refractivity contribution in [1.82, 2.24) is 14.5 Å². The Morgan fingerprint density at radius 3 is 2.96 bits per heavy atom. The molecule has 1 N–H and O–H groups in total. The first-order chi connectivity index (χ1) is 12.4. The number of aliphatic hydroxyl groups is 1. The maximum absolute atomic E-state index is 13.1. The van der Waals surface area contributed by atoms with Crippen molar-refractivity contribution in [3.8, 4) is 0 Å². The second-order valence-corrected chi connectivity index (χ2v) is 7.35. The van der Waals surface area contributed by atoms with Gasteiger partial charge in [-0.05, 0) is 43.9 Å². The number of aromatic nitrogens is 2. The summed E-state index contributed by atoms with van der Waals surface area (Å²) in [7, 11) is 3.34. The lowest BCUT2D eigenvalue weighted by atomic mass is 9.79. The first-order valence-electron chi connectivity index (χ1n) is 8.95. The molecule has 0 bridgehead atoms. The molecule has 0 radical (unpaired) electrons. The average molecular weight is 357 g/mol. The summed E-state index contributed by atoms with van der Waals surface area (Å²) in [6, 6.07) is 4.88.